The topological polar surface area (TPSA) is 73.2 Å². The lowest BCUT2D eigenvalue weighted by Gasteiger charge is -2.15. The quantitative estimate of drug-likeness (QED) is 0.278. The maximum atomic E-state index is 13.7. The molecule has 1 heterocycles. The van der Waals surface area contributed by atoms with E-state index in [1.54, 1.807) is 29.9 Å². The first-order valence-electron chi connectivity index (χ1n) is 11.5. The van der Waals surface area contributed by atoms with Gasteiger partial charge in [-0.2, -0.15) is 0 Å². The molecule has 0 aliphatic heterocycles. The van der Waals surface area contributed by atoms with E-state index in [0.29, 0.717) is 38.8 Å². The number of nitrogens with zero attached hydrogens (tertiary/aromatic N) is 2. The predicted molar refractivity (Wildman–Crippen MR) is 142 cm³/mol. The number of amides is 1. The van der Waals surface area contributed by atoms with Crippen molar-refractivity contribution in [3.63, 3.8) is 0 Å². The van der Waals surface area contributed by atoms with Crippen molar-refractivity contribution in [3.8, 4) is 11.4 Å². The molecule has 0 saturated carbocycles. The average Bonchev–Trinajstić information content (AvgIpc) is 2.84. The number of carbonyl (C=O) groups is 1. The molecule has 0 radical (unpaired) electrons. The zero-order valence-electron chi connectivity index (χ0n) is 20.6. The Hall–Kier alpha value is -3.58. The Bertz CT molecular complexity index is 1460. The van der Waals surface area contributed by atoms with Crippen LogP contribution in [-0.2, 0) is 5.75 Å². The van der Waals surface area contributed by atoms with Crippen molar-refractivity contribution in [1.82, 2.24) is 14.9 Å². The number of aromatic nitrogens is 2. The normalized spacial score (nSPS) is 11.1. The minimum absolute atomic E-state index is 0.0101. The van der Waals surface area contributed by atoms with Crippen molar-refractivity contribution >= 4 is 28.6 Å². The number of nitrogens with one attached hydrogen (secondary N) is 1. The van der Waals surface area contributed by atoms with E-state index in [-0.39, 0.29) is 17.5 Å². The van der Waals surface area contributed by atoms with Gasteiger partial charge in [-0.25, -0.2) is 4.98 Å². The standard InChI is InChI=1S/C28H29N3O3S/c1-17(2)29-26(32)20-11-12-24-25(14-20)30-28(35-16-21-13-18(3)9-10-19(21)4)31(27(24)33)22-7-6-8-23(15-22)34-5/h6-15,17H,16H2,1-5H3,(H,29,32). The van der Waals surface area contributed by atoms with Crippen molar-refractivity contribution in [3.05, 3.63) is 93.3 Å². The minimum Gasteiger partial charge on any atom is -0.497 e. The van der Waals surface area contributed by atoms with Gasteiger partial charge in [-0.15, -0.1) is 0 Å². The highest BCUT2D eigenvalue weighted by Crippen LogP contribution is 2.28. The number of methoxy groups -OCH3 is 1. The van der Waals surface area contributed by atoms with E-state index < -0.39 is 0 Å². The Morgan fingerprint density at radius 2 is 1.89 bits per heavy atom. The van der Waals surface area contributed by atoms with Crippen LogP contribution in [0.2, 0.25) is 0 Å². The van der Waals surface area contributed by atoms with E-state index in [1.165, 1.54) is 28.5 Å². The van der Waals surface area contributed by atoms with E-state index in [0.717, 1.165) is 0 Å². The number of hydrogen-bond donors (Lipinski definition) is 1. The number of hydrogen-bond acceptors (Lipinski definition) is 5. The van der Waals surface area contributed by atoms with E-state index in [1.807, 2.05) is 38.1 Å². The Morgan fingerprint density at radius 3 is 2.63 bits per heavy atom. The summed E-state index contributed by atoms with van der Waals surface area (Å²) in [7, 11) is 1.60. The Morgan fingerprint density at radius 1 is 1.09 bits per heavy atom. The number of ether oxygens (including phenoxy) is 1. The van der Waals surface area contributed by atoms with Gasteiger partial charge < -0.3 is 10.1 Å². The van der Waals surface area contributed by atoms with Crippen LogP contribution in [0.1, 0.15) is 40.9 Å². The fourth-order valence-electron chi connectivity index (χ4n) is 3.82. The summed E-state index contributed by atoms with van der Waals surface area (Å²) in [5.41, 5.74) is 5.01. The molecule has 0 atom stereocenters. The molecule has 3 aromatic carbocycles. The molecular weight excluding hydrogens is 458 g/mol. The molecule has 0 aliphatic rings. The second-order valence-electron chi connectivity index (χ2n) is 8.82. The fourth-order valence-corrected chi connectivity index (χ4v) is 4.90. The molecule has 1 N–H and O–H groups in total. The van der Waals surface area contributed by atoms with Crippen LogP contribution in [-0.4, -0.2) is 28.6 Å². The van der Waals surface area contributed by atoms with Gasteiger partial charge in [-0.1, -0.05) is 41.6 Å². The van der Waals surface area contributed by atoms with Gasteiger partial charge in [-0.3, -0.25) is 14.2 Å². The first kappa shape index (κ1) is 24.5. The van der Waals surface area contributed by atoms with Gasteiger partial charge in [0, 0.05) is 23.4 Å². The van der Waals surface area contributed by atoms with Gasteiger partial charge in [0.1, 0.15) is 5.75 Å². The molecule has 0 unspecified atom stereocenters. The third-order valence-electron chi connectivity index (χ3n) is 5.69. The van der Waals surface area contributed by atoms with Crippen LogP contribution < -0.4 is 15.6 Å². The van der Waals surface area contributed by atoms with Gasteiger partial charge in [0.2, 0.25) is 0 Å². The number of benzene rings is 3. The summed E-state index contributed by atoms with van der Waals surface area (Å²) < 4.78 is 7.01. The molecule has 35 heavy (non-hydrogen) atoms. The monoisotopic (exact) mass is 487 g/mol. The second-order valence-corrected chi connectivity index (χ2v) is 9.76. The van der Waals surface area contributed by atoms with E-state index >= 15 is 0 Å². The molecule has 1 amide bonds. The number of carbonyl (C=O) groups excluding carboxylic acids is 1. The SMILES string of the molecule is COc1cccc(-n2c(SCc3cc(C)ccc3C)nc3cc(C(=O)NC(C)C)ccc3c2=O)c1. The zero-order valence-corrected chi connectivity index (χ0v) is 21.4. The van der Waals surface area contributed by atoms with Gasteiger partial charge >= 0.3 is 0 Å². The number of rotatable bonds is 7. The van der Waals surface area contributed by atoms with Crippen molar-refractivity contribution in [1.29, 1.82) is 0 Å². The summed E-state index contributed by atoms with van der Waals surface area (Å²) in [6, 6.07) is 18.8. The third kappa shape index (κ3) is 5.41. The minimum atomic E-state index is -0.192. The molecule has 4 rings (SSSR count). The fraction of sp³-hybridized carbons (Fsp3) is 0.250. The molecule has 0 aliphatic carbocycles. The summed E-state index contributed by atoms with van der Waals surface area (Å²) in [5.74, 6) is 1.12. The molecule has 0 fully saturated rings. The lowest BCUT2D eigenvalue weighted by Crippen LogP contribution is -2.30. The summed E-state index contributed by atoms with van der Waals surface area (Å²) in [6.45, 7) is 7.97. The summed E-state index contributed by atoms with van der Waals surface area (Å²) in [4.78, 5) is 31.1. The lowest BCUT2D eigenvalue weighted by atomic mass is 10.1. The summed E-state index contributed by atoms with van der Waals surface area (Å²) in [5, 5.41) is 3.89. The number of fused-ring (bicyclic) bond motifs is 1. The molecule has 0 bridgehead atoms. The van der Waals surface area contributed by atoms with Crippen LogP contribution in [0.4, 0.5) is 0 Å². The van der Waals surface area contributed by atoms with E-state index in [4.69, 9.17) is 9.72 Å². The summed E-state index contributed by atoms with van der Waals surface area (Å²) in [6.07, 6.45) is 0. The van der Waals surface area contributed by atoms with Crippen molar-refractivity contribution in [2.45, 2.75) is 44.6 Å². The van der Waals surface area contributed by atoms with E-state index in [9.17, 15) is 9.59 Å². The predicted octanol–water partition coefficient (Wildman–Crippen LogP) is 5.44. The van der Waals surface area contributed by atoms with Crippen LogP contribution in [0.3, 0.4) is 0 Å². The van der Waals surface area contributed by atoms with Crippen molar-refractivity contribution in [2.24, 2.45) is 0 Å². The van der Waals surface area contributed by atoms with Gasteiger partial charge in [0.15, 0.2) is 5.16 Å². The first-order chi connectivity index (χ1) is 16.8. The smallest absolute Gasteiger partial charge is 0.266 e. The van der Waals surface area contributed by atoms with Gasteiger partial charge in [0.05, 0.1) is 23.7 Å². The van der Waals surface area contributed by atoms with Crippen LogP contribution in [0, 0.1) is 13.8 Å². The zero-order chi connectivity index (χ0) is 25.1. The van der Waals surface area contributed by atoms with Crippen LogP contribution >= 0.6 is 11.8 Å². The maximum absolute atomic E-state index is 13.7. The second kappa shape index (κ2) is 10.4. The van der Waals surface area contributed by atoms with Gasteiger partial charge in [-0.05, 0) is 69.2 Å². The van der Waals surface area contributed by atoms with Crippen molar-refractivity contribution in [2.75, 3.05) is 7.11 Å². The van der Waals surface area contributed by atoms with E-state index in [2.05, 4.69) is 37.4 Å². The van der Waals surface area contributed by atoms with Crippen LogP contribution in [0.25, 0.3) is 16.6 Å². The molecule has 1 aromatic heterocycles. The summed E-state index contributed by atoms with van der Waals surface area (Å²) >= 11 is 1.50. The molecule has 7 heteroatoms. The number of aryl methyl sites for hydroxylation is 2. The maximum Gasteiger partial charge on any atom is 0.266 e. The molecular formula is C28H29N3O3S. The average molecular weight is 488 g/mol. The Balaban J connectivity index is 1.85. The Labute approximate surface area is 209 Å². The highest BCUT2D eigenvalue weighted by Gasteiger charge is 2.17. The largest absolute Gasteiger partial charge is 0.497 e. The molecule has 180 valence electrons. The van der Waals surface area contributed by atoms with Gasteiger partial charge in [0.25, 0.3) is 11.5 Å². The molecule has 4 aromatic rings. The molecule has 0 spiro atoms. The molecule has 0 saturated heterocycles. The molecule has 6 nitrogen and oxygen atoms in total. The third-order valence-corrected chi connectivity index (χ3v) is 6.68. The van der Waals surface area contributed by atoms with Crippen LogP contribution in [0.5, 0.6) is 5.75 Å². The highest BCUT2D eigenvalue weighted by atomic mass is 32.2. The Kier molecular flexibility index (Phi) is 7.26. The number of thioether (sulfide) groups is 1. The van der Waals surface area contributed by atoms with Crippen LogP contribution in [0.15, 0.2) is 70.6 Å². The van der Waals surface area contributed by atoms with Crippen molar-refractivity contribution < 1.29 is 9.53 Å². The lowest BCUT2D eigenvalue weighted by molar-refractivity contribution is 0.0943. The highest BCUT2D eigenvalue weighted by molar-refractivity contribution is 7.98. The first-order valence-corrected chi connectivity index (χ1v) is 12.5.